The van der Waals surface area contributed by atoms with Gasteiger partial charge in [0.1, 0.15) is 25.3 Å². The van der Waals surface area contributed by atoms with E-state index in [9.17, 15) is 14.4 Å². The topological polar surface area (TPSA) is 97.0 Å². The minimum absolute atomic E-state index is 0.328. The van der Waals surface area contributed by atoms with Gasteiger partial charge in [0.25, 0.3) is 5.91 Å². The summed E-state index contributed by atoms with van der Waals surface area (Å²) < 4.78 is 11.1. The van der Waals surface area contributed by atoms with Gasteiger partial charge >= 0.3 is 6.03 Å². The van der Waals surface area contributed by atoms with Gasteiger partial charge in [0, 0.05) is 0 Å². The summed E-state index contributed by atoms with van der Waals surface area (Å²) in [6.07, 6.45) is 1.21. The first-order valence-corrected chi connectivity index (χ1v) is 10.4. The minimum atomic E-state index is -1.06. The second-order valence-corrected chi connectivity index (χ2v) is 8.08. The van der Waals surface area contributed by atoms with Crippen molar-refractivity contribution in [3.05, 3.63) is 59.2 Å². The number of rotatable bonds is 4. The first-order valence-electron chi connectivity index (χ1n) is 10.4. The number of hydrogen-bond acceptors (Lipinski definition) is 5. The van der Waals surface area contributed by atoms with Crippen molar-refractivity contribution >= 4 is 17.8 Å². The Balaban J connectivity index is 1.28. The molecular weight excluding hydrogens is 398 g/mol. The summed E-state index contributed by atoms with van der Waals surface area (Å²) in [6.45, 7) is 2.50. The van der Waals surface area contributed by atoms with E-state index in [0.29, 0.717) is 37.6 Å². The predicted molar refractivity (Wildman–Crippen MR) is 111 cm³/mol. The highest BCUT2D eigenvalue weighted by Gasteiger charge is 2.55. The lowest BCUT2D eigenvalue weighted by molar-refractivity contribution is -0.135. The van der Waals surface area contributed by atoms with Crippen molar-refractivity contribution in [2.45, 2.75) is 31.3 Å². The Morgan fingerprint density at radius 3 is 2.77 bits per heavy atom. The second kappa shape index (κ2) is 7.30. The van der Waals surface area contributed by atoms with Crippen LogP contribution in [0.5, 0.6) is 11.5 Å². The Hall–Kier alpha value is -3.55. The third kappa shape index (κ3) is 3.19. The van der Waals surface area contributed by atoms with Gasteiger partial charge < -0.3 is 20.1 Å². The molecule has 8 heteroatoms. The Bertz CT molecular complexity index is 1080. The summed E-state index contributed by atoms with van der Waals surface area (Å²) in [5.74, 6) is 0.537. The standard InChI is InChI=1S/C23H23N3O5/c1-14(16-6-7-18-19(12-16)31-11-10-30-18)24-20(27)13-26-21(28)23(25-22(26)29)9-8-15-4-2-3-5-17(15)23/h2-7,12,14H,8-11,13H2,1H3,(H,24,27)(H,25,29)/t14-,23-/m0/s1. The number of amides is 4. The van der Waals surface area contributed by atoms with E-state index < -0.39 is 17.5 Å². The highest BCUT2D eigenvalue weighted by Crippen LogP contribution is 2.41. The maximum absolute atomic E-state index is 13.2. The molecule has 2 N–H and O–H groups in total. The number of hydrogen-bond donors (Lipinski definition) is 2. The van der Waals surface area contributed by atoms with Gasteiger partial charge in [-0.05, 0) is 48.6 Å². The van der Waals surface area contributed by atoms with Crippen molar-refractivity contribution in [1.29, 1.82) is 0 Å². The van der Waals surface area contributed by atoms with Crippen LogP contribution in [0.15, 0.2) is 42.5 Å². The summed E-state index contributed by atoms with van der Waals surface area (Å²) in [7, 11) is 0. The van der Waals surface area contributed by atoms with Crippen LogP contribution in [0.2, 0.25) is 0 Å². The first-order chi connectivity index (χ1) is 15.0. The highest BCUT2D eigenvalue weighted by molar-refractivity contribution is 6.09. The van der Waals surface area contributed by atoms with Crippen LogP contribution in [0.4, 0.5) is 4.79 Å². The van der Waals surface area contributed by atoms with E-state index >= 15 is 0 Å². The van der Waals surface area contributed by atoms with E-state index in [-0.39, 0.29) is 18.5 Å². The zero-order chi connectivity index (χ0) is 21.6. The van der Waals surface area contributed by atoms with E-state index in [1.807, 2.05) is 49.4 Å². The molecule has 0 saturated carbocycles. The molecule has 2 heterocycles. The van der Waals surface area contributed by atoms with Gasteiger partial charge in [-0.1, -0.05) is 30.3 Å². The number of aryl methyl sites for hydroxylation is 1. The molecule has 4 amide bonds. The van der Waals surface area contributed by atoms with Crippen LogP contribution < -0.4 is 20.1 Å². The van der Waals surface area contributed by atoms with Gasteiger partial charge in [-0.25, -0.2) is 4.79 Å². The monoisotopic (exact) mass is 421 g/mol. The van der Waals surface area contributed by atoms with Gasteiger partial charge in [0.2, 0.25) is 5.91 Å². The number of carbonyl (C=O) groups is 3. The van der Waals surface area contributed by atoms with Crippen molar-refractivity contribution in [2.24, 2.45) is 0 Å². The molecule has 0 aromatic heterocycles. The summed E-state index contributed by atoms with van der Waals surface area (Å²) in [4.78, 5) is 39.5. The Morgan fingerprint density at radius 1 is 1.16 bits per heavy atom. The average molecular weight is 421 g/mol. The lowest BCUT2D eigenvalue weighted by Crippen LogP contribution is -2.44. The molecule has 2 aromatic rings. The maximum atomic E-state index is 13.2. The zero-order valence-corrected chi connectivity index (χ0v) is 17.1. The van der Waals surface area contributed by atoms with Crippen molar-refractivity contribution in [2.75, 3.05) is 19.8 Å². The Labute approximate surface area is 179 Å². The molecule has 0 unspecified atom stereocenters. The maximum Gasteiger partial charge on any atom is 0.325 e. The van der Waals surface area contributed by atoms with Crippen LogP contribution in [-0.4, -0.2) is 42.5 Å². The van der Waals surface area contributed by atoms with Gasteiger partial charge in [-0.2, -0.15) is 0 Å². The number of carbonyl (C=O) groups excluding carboxylic acids is 3. The molecule has 2 aliphatic heterocycles. The van der Waals surface area contributed by atoms with Crippen LogP contribution in [0.3, 0.4) is 0 Å². The van der Waals surface area contributed by atoms with Crippen LogP contribution in [-0.2, 0) is 21.5 Å². The number of nitrogens with zero attached hydrogens (tertiary/aromatic N) is 1. The summed E-state index contributed by atoms with van der Waals surface area (Å²) in [6, 6.07) is 12.2. The molecule has 1 fully saturated rings. The first kappa shape index (κ1) is 19.4. The summed E-state index contributed by atoms with van der Waals surface area (Å²) >= 11 is 0. The lowest BCUT2D eigenvalue weighted by Gasteiger charge is -2.23. The normalized spacial score (nSPS) is 22.3. The number of benzene rings is 2. The fourth-order valence-electron chi connectivity index (χ4n) is 4.58. The van der Waals surface area contributed by atoms with Crippen molar-refractivity contribution in [1.82, 2.24) is 15.5 Å². The summed E-state index contributed by atoms with van der Waals surface area (Å²) in [5, 5.41) is 5.70. The van der Waals surface area contributed by atoms with Crippen molar-refractivity contribution in [3.8, 4) is 11.5 Å². The quantitative estimate of drug-likeness (QED) is 0.737. The van der Waals surface area contributed by atoms with E-state index in [1.54, 1.807) is 0 Å². The van der Waals surface area contributed by atoms with Gasteiger partial charge in [-0.15, -0.1) is 0 Å². The molecule has 3 aliphatic rings. The van der Waals surface area contributed by atoms with Crippen LogP contribution in [0.1, 0.15) is 36.1 Å². The molecule has 1 spiro atoms. The smallest absolute Gasteiger partial charge is 0.325 e. The van der Waals surface area contributed by atoms with Gasteiger partial charge in [0.15, 0.2) is 11.5 Å². The van der Waals surface area contributed by atoms with Crippen molar-refractivity contribution < 1.29 is 23.9 Å². The molecule has 31 heavy (non-hydrogen) atoms. The fraction of sp³-hybridized carbons (Fsp3) is 0.348. The second-order valence-electron chi connectivity index (χ2n) is 8.08. The van der Waals surface area contributed by atoms with E-state index in [2.05, 4.69) is 10.6 Å². The van der Waals surface area contributed by atoms with Crippen molar-refractivity contribution in [3.63, 3.8) is 0 Å². The zero-order valence-electron chi connectivity index (χ0n) is 17.1. The Kier molecular flexibility index (Phi) is 4.57. The molecule has 2 atom stereocenters. The van der Waals surface area contributed by atoms with Gasteiger partial charge in [-0.3, -0.25) is 14.5 Å². The lowest BCUT2D eigenvalue weighted by atomic mass is 9.92. The highest BCUT2D eigenvalue weighted by atomic mass is 16.6. The van der Waals surface area contributed by atoms with Gasteiger partial charge in [0.05, 0.1) is 6.04 Å². The average Bonchev–Trinajstić information content (AvgIpc) is 3.26. The third-order valence-corrected chi connectivity index (χ3v) is 6.17. The fourth-order valence-corrected chi connectivity index (χ4v) is 4.58. The molecule has 5 rings (SSSR count). The molecule has 160 valence electrons. The van der Waals surface area contributed by atoms with Crippen LogP contribution >= 0.6 is 0 Å². The molecule has 0 radical (unpaired) electrons. The minimum Gasteiger partial charge on any atom is -0.486 e. The van der Waals surface area contributed by atoms with E-state index in [1.165, 1.54) is 0 Å². The number of nitrogens with one attached hydrogen (secondary N) is 2. The number of ether oxygens (including phenoxy) is 2. The van der Waals surface area contributed by atoms with Crippen LogP contribution in [0, 0.1) is 0 Å². The molecule has 0 bridgehead atoms. The molecule has 1 aliphatic carbocycles. The SMILES string of the molecule is C[C@H](NC(=O)CN1C(=O)N[C@]2(CCc3ccccc32)C1=O)c1ccc2c(c1)OCCO2. The molecule has 1 saturated heterocycles. The molecule has 8 nitrogen and oxygen atoms in total. The largest absolute Gasteiger partial charge is 0.486 e. The third-order valence-electron chi connectivity index (χ3n) is 6.17. The number of urea groups is 1. The van der Waals surface area contributed by atoms with Crippen LogP contribution in [0.25, 0.3) is 0 Å². The summed E-state index contributed by atoms with van der Waals surface area (Å²) in [5.41, 5.74) is 1.65. The number of imide groups is 1. The Morgan fingerprint density at radius 2 is 1.94 bits per heavy atom. The molecule has 2 aromatic carbocycles. The molecular formula is C23H23N3O5. The number of fused-ring (bicyclic) bond motifs is 3. The van der Waals surface area contributed by atoms with E-state index in [4.69, 9.17) is 9.47 Å². The predicted octanol–water partition coefficient (Wildman–Crippen LogP) is 2.03. The van der Waals surface area contributed by atoms with E-state index in [0.717, 1.165) is 21.6 Å².